The molecule has 0 unspecified atom stereocenters. The Morgan fingerprint density at radius 3 is 2.23 bits per heavy atom. The van der Waals surface area contributed by atoms with Crippen molar-refractivity contribution in [3.8, 4) is 0 Å². The van der Waals surface area contributed by atoms with Crippen molar-refractivity contribution in [1.82, 2.24) is 9.97 Å². The predicted octanol–water partition coefficient (Wildman–Crippen LogP) is -0.576. The molecule has 68 valence electrons. The molecule has 1 fully saturated rings. The first-order valence-corrected chi connectivity index (χ1v) is 4.45. The second-order valence-electron chi connectivity index (χ2n) is 3.38. The van der Waals surface area contributed by atoms with Gasteiger partial charge in [0.2, 0.25) is 0 Å². The van der Waals surface area contributed by atoms with E-state index in [4.69, 9.17) is 10.0 Å². The lowest BCUT2D eigenvalue weighted by atomic mass is 9.82. The molecule has 0 saturated heterocycles. The minimum Gasteiger partial charge on any atom is -0.423 e. The van der Waals surface area contributed by atoms with Gasteiger partial charge in [-0.15, -0.1) is 0 Å². The minimum absolute atomic E-state index is 0.350. The molecule has 1 aliphatic rings. The maximum Gasteiger partial charge on any atom is 0.491 e. The molecule has 0 spiro atoms. The highest BCUT2D eigenvalue weighted by Crippen LogP contribution is 2.33. The van der Waals surface area contributed by atoms with E-state index in [1.165, 1.54) is 18.8 Å². The first-order chi connectivity index (χ1) is 6.27. The summed E-state index contributed by atoms with van der Waals surface area (Å²) in [7, 11) is -1.46. The first kappa shape index (κ1) is 8.65. The first-order valence-electron chi connectivity index (χ1n) is 4.45. The van der Waals surface area contributed by atoms with Gasteiger partial charge in [0, 0.05) is 23.8 Å². The highest BCUT2D eigenvalue weighted by molar-refractivity contribution is 6.58. The van der Waals surface area contributed by atoms with Crippen LogP contribution in [0.25, 0.3) is 0 Å². The molecule has 0 aliphatic heterocycles. The average Bonchev–Trinajstić information content (AvgIpc) is 2.02. The highest BCUT2D eigenvalue weighted by Gasteiger charge is 2.22. The molecule has 2 N–H and O–H groups in total. The van der Waals surface area contributed by atoms with E-state index in [2.05, 4.69) is 9.97 Å². The molecule has 2 rings (SSSR count). The number of hydrogen-bond donors (Lipinski definition) is 2. The number of hydrogen-bond acceptors (Lipinski definition) is 4. The molecular weight excluding hydrogens is 167 g/mol. The van der Waals surface area contributed by atoms with Crippen molar-refractivity contribution in [3.05, 3.63) is 18.2 Å². The van der Waals surface area contributed by atoms with Crippen molar-refractivity contribution in [2.45, 2.75) is 25.2 Å². The fourth-order valence-corrected chi connectivity index (χ4v) is 1.36. The summed E-state index contributed by atoms with van der Waals surface area (Å²) in [6.07, 6.45) is 6.51. The van der Waals surface area contributed by atoms with Gasteiger partial charge in [-0.2, -0.15) is 0 Å². The number of nitrogens with zero attached hydrogens (tertiary/aromatic N) is 2. The maximum absolute atomic E-state index is 8.80. The van der Waals surface area contributed by atoms with E-state index in [0.717, 1.165) is 18.7 Å². The number of aromatic nitrogens is 2. The molecule has 1 aliphatic carbocycles. The van der Waals surface area contributed by atoms with E-state index in [1.807, 2.05) is 0 Å². The molecule has 13 heavy (non-hydrogen) atoms. The van der Waals surface area contributed by atoms with Gasteiger partial charge < -0.3 is 10.0 Å². The quantitative estimate of drug-likeness (QED) is 0.594. The van der Waals surface area contributed by atoms with Gasteiger partial charge >= 0.3 is 7.12 Å². The highest BCUT2D eigenvalue weighted by atomic mass is 16.4. The van der Waals surface area contributed by atoms with Gasteiger partial charge in [0.1, 0.15) is 5.82 Å². The Labute approximate surface area is 76.8 Å². The molecule has 1 aromatic heterocycles. The maximum atomic E-state index is 8.80. The summed E-state index contributed by atoms with van der Waals surface area (Å²) < 4.78 is 0. The van der Waals surface area contributed by atoms with E-state index >= 15 is 0 Å². The van der Waals surface area contributed by atoms with Crippen LogP contribution < -0.4 is 5.46 Å². The summed E-state index contributed by atoms with van der Waals surface area (Å²) >= 11 is 0. The predicted molar refractivity (Wildman–Crippen MR) is 48.4 cm³/mol. The fraction of sp³-hybridized carbons (Fsp3) is 0.500. The van der Waals surface area contributed by atoms with E-state index in [9.17, 15) is 0 Å². The minimum atomic E-state index is -1.46. The molecule has 1 aromatic rings. The van der Waals surface area contributed by atoms with Crippen molar-refractivity contribution in [1.29, 1.82) is 0 Å². The van der Waals surface area contributed by atoms with Gasteiger partial charge in [-0.3, -0.25) is 0 Å². The zero-order chi connectivity index (χ0) is 9.26. The van der Waals surface area contributed by atoms with Crippen molar-refractivity contribution < 1.29 is 10.0 Å². The zero-order valence-electron chi connectivity index (χ0n) is 7.22. The van der Waals surface area contributed by atoms with Gasteiger partial charge in [-0.1, -0.05) is 6.42 Å². The summed E-state index contributed by atoms with van der Waals surface area (Å²) in [4.78, 5) is 8.18. The van der Waals surface area contributed by atoms with Crippen LogP contribution in [0, 0.1) is 0 Å². The lowest BCUT2D eigenvalue weighted by molar-refractivity contribution is 0.400. The van der Waals surface area contributed by atoms with Crippen LogP contribution in [-0.4, -0.2) is 27.1 Å². The summed E-state index contributed by atoms with van der Waals surface area (Å²) in [5.41, 5.74) is 0.350. The van der Waals surface area contributed by atoms with E-state index in [1.54, 1.807) is 0 Å². The standard InChI is InChI=1S/C8H11BN2O2/c12-9(13)7-4-10-8(11-5-7)6-2-1-3-6/h4-6,12-13H,1-3H2. The molecule has 0 amide bonds. The van der Waals surface area contributed by atoms with E-state index in [-0.39, 0.29) is 0 Å². The summed E-state index contributed by atoms with van der Waals surface area (Å²) in [5, 5.41) is 17.6. The molecule has 1 heterocycles. The molecule has 0 atom stereocenters. The molecule has 0 aromatic carbocycles. The normalized spacial score (nSPS) is 16.8. The molecule has 0 radical (unpaired) electrons. The molecule has 0 bridgehead atoms. The Morgan fingerprint density at radius 1 is 1.23 bits per heavy atom. The lowest BCUT2D eigenvalue weighted by Crippen LogP contribution is -2.31. The lowest BCUT2D eigenvalue weighted by Gasteiger charge is -2.23. The van der Waals surface area contributed by atoms with Crippen LogP contribution in [0.5, 0.6) is 0 Å². The van der Waals surface area contributed by atoms with Gasteiger partial charge in [0.05, 0.1) is 0 Å². The van der Waals surface area contributed by atoms with Gasteiger partial charge in [0.25, 0.3) is 0 Å². The zero-order valence-corrected chi connectivity index (χ0v) is 7.22. The Kier molecular flexibility index (Phi) is 2.29. The van der Waals surface area contributed by atoms with Gasteiger partial charge in [-0.05, 0) is 12.8 Å². The Bertz CT molecular complexity index is 285. The second kappa shape index (κ2) is 3.43. The van der Waals surface area contributed by atoms with Crippen molar-refractivity contribution >= 4 is 12.6 Å². The summed E-state index contributed by atoms with van der Waals surface area (Å²) in [5.74, 6) is 1.32. The molecular formula is C8H11BN2O2. The van der Waals surface area contributed by atoms with Crippen LogP contribution in [0.15, 0.2) is 12.4 Å². The van der Waals surface area contributed by atoms with Gasteiger partial charge in [-0.25, -0.2) is 9.97 Å². The van der Waals surface area contributed by atoms with Crippen LogP contribution in [-0.2, 0) is 0 Å². The molecule has 1 saturated carbocycles. The van der Waals surface area contributed by atoms with Crippen molar-refractivity contribution in [2.24, 2.45) is 0 Å². The molecule has 5 heteroatoms. The third-order valence-electron chi connectivity index (χ3n) is 2.46. The average molecular weight is 178 g/mol. The van der Waals surface area contributed by atoms with E-state index < -0.39 is 7.12 Å². The van der Waals surface area contributed by atoms with E-state index in [0.29, 0.717) is 11.4 Å². The van der Waals surface area contributed by atoms with Gasteiger partial charge in [0.15, 0.2) is 0 Å². The van der Waals surface area contributed by atoms with Crippen LogP contribution >= 0.6 is 0 Å². The Morgan fingerprint density at radius 2 is 1.85 bits per heavy atom. The molecule has 4 nitrogen and oxygen atoms in total. The third kappa shape index (κ3) is 1.71. The smallest absolute Gasteiger partial charge is 0.423 e. The SMILES string of the molecule is OB(O)c1cnc(C2CCC2)nc1. The van der Waals surface area contributed by atoms with Crippen LogP contribution in [0.1, 0.15) is 31.0 Å². The van der Waals surface area contributed by atoms with Crippen molar-refractivity contribution in [2.75, 3.05) is 0 Å². The topological polar surface area (TPSA) is 66.2 Å². The van der Waals surface area contributed by atoms with Crippen LogP contribution in [0.2, 0.25) is 0 Å². The number of rotatable bonds is 2. The summed E-state index contributed by atoms with van der Waals surface area (Å²) in [6.45, 7) is 0. The van der Waals surface area contributed by atoms with Crippen LogP contribution in [0.3, 0.4) is 0 Å². The Hall–Kier alpha value is -0.935. The fourth-order valence-electron chi connectivity index (χ4n) is 1.36. The second-order valence-corrected chi connectivity index (χ2v) is 3.38. The van der Waals surface area contributed by atoms with Crippen molar-refractivity contribution in [3.63, 3.8) is 0 Å². The van der Waals surface area contributed by atoms with Crippen LogP contribution in [0.4, 0.5) is 0 Å². The summed E-state index contributed by atoms with van der Waals surface area (Å²) in [6, 6.07) is 0. The largest absolute Gasteiger partial charge is 0.491 e. The monoisotopic (exact) mass is 178 g/mol. The Balaban J connectivity index is 2.13. The third-order valence-corrected chi connectivity index (χ3v) is 2.46.